The summed E-state index contributed by atoms with van der Waals surface area (Å²) in [5.41, 5.74) is -2.25. The normalized spacial score (nSPS) is 21.1. The number of rotatable bonds is 2. The Morgan fingerprint density at radius 3 is 2.00 bits per heavy atom. The third kappa shape index (κ3) is 5.17. The van der Waals surface area contributed by atoms with Gasteiger partial charge in [0, 0.05) is 31.9 Å². The lowest BCUT2D eigenvalue weighted by molar-refractivity contribution is -0.137. The Kier molecular flexibility index (Phi) is 6.28. The zero-order valence-electron chi connectivity index (χ0n) is 19.8. The molecule has 1 aromatic carbocycles. The van der Waals surface area contributed by atoms with Gasteiger partial charge in [0.1, 0.15) is 5.60 Å². The summed E-state index contributed by atoms with van der Waals surface area (Å²) in [6.07, 6.45) is -5.00. The van der Waals surface area contributed by atoms with Crippen LogP contribution in [0.1, 0.15) is 54.0 Å². The maximum Gasteiger partial charge on any atom is 0.494 e. The van der Waals surface area contributed by atoms with Crippen LogP contribution < -0.4 is 10.4 Å². The number of alkyl halides is 3. The highest BCUT2D eigenvalue weighted by atomic mass is 19.4. The molecule has 0 atom stereocenters. The van der Waals surface area contributed by atoms with Crippen molar-refractivity contribution in [1.29, 1.82) is 0 Å². The molecule has 1 aromatic rings. The maximum absolute atomic E-state index is 14.0. The fourth-order valence-corrected chi connectivity index (χ4v) is 3.64. The molecule has 0 aliphatic carbocycles. The monoisotopic (exact) mass is 456 g/mol. The molecule has 2 saturated heterocycles. The van der Waals surface area contributed by atoms with Gasteiger partial charge >= 0.3 is 19.4 Å². The van der Waals surface area contributed by atoms with Crippen molar-refractivity contribution in [2.24, 2.45) is 0 Å². The lowest BCUT2D eigenvalue weighted by Gasteiger charge is -2.37. The quantitative estimate of drug-likeness (QED) is 0.629. The van der Waals surface area contributed by atoms with Gasteiger partial charge in [-0.2, -0.15) is 13.2 Å². The van der Waals surface area contributed by atoms with Gasteiger partial charge in [0.25, 0.3) is 0 Å². The molecule has 0 spiro atoms. The molecule has 10 heteroatoms. The van der Waals surface area contributed by atoms with Gasteiger partial charge in [0.05, 0.1) is 16.8 Å². The highest BCUT2D eigenvalue weighted by Gasteiger charge is 2.52. The van der Waals surface area contributed by atoms with Crippen LogP contribution in [-0.2, 0) is 20.2 Å². The number of ether oxygens (including phenoxy) is 1. The van der Waals surface area contributed by atoms with E-state index in [2.05, 4.69) is 0 Å². The zero-order valence-corrected chi connectivity index (χ0v) is 19.8. The largest absolute Gasteiger partial charge is 0.494 e. The van der Waals surface area contributed by atoms with Gasteiger partial charge in [-0.05, 0) is 66.1 Å². The summed E-state index contributed by atoms with van der Waals surface area (Å²) >= 11 is 0. The number of halogens is 3. The van der Waals surface area contributed by atoms with Crippen LogP contribution in [0.25, 0.3) is 0 Å². The molecule has 2 aliphatic rings. The number of piperazine rings is 1. The van der Waals surface area contributed by atoms with Gasteiger partial charge < -0.3 is 23.8 Å². The minimum atomic E-state index is -4.54. The van der Waals surface area contributed by atoms with Crippen LogP contribution in [0, 0.1) is 0 Å². The molecule has 2 heterocycles. The number of hydrogen-bond donors (Lipinski definition) is 0. The van der Waals surface area contributed by atoms with Gasteiger partial charge in [-0.1, -0.05) is 6.07 Å². The van der Waals surface area contributed by atoms with Gasteiger partial charge in [0.2, 0.25) is 0 Å². The second kappa shape index (κ2) is 8.13. The fourth-order valence-electron chi connectivity index (χ4n) is 3.64. The van der Waals surface area contributed by atoms with Crippen molar-refractivity contribution in [3.05, 3.63) is 23.8 Å². The first-order valence-electron chi connectivity index (χ1n) is 10.8. The SMILES string of the molecule is CC(C)(C)OC(=O)N1CCN(c2ccc(B3OC(C)(C)C(C)(C)O3)cc2C(F)(F)F)CC1. The molecule has 178 valence electrons. The molecule has 0 radical (unpaired) electrons. The predicted octanol–water partition coefficient (Wildman–Crippen LogP) is 4.06. The van der Waals surface area contributed by atoms with Gasteiger partial charge in [0.15, 0.2) is 0 Å². The first-order valence-corrected chi connectivity index (χ1v) is 10.8. The molecule has 0 unspecified atom stereocenters. The summed E-state index contributed by atoms with van der Waals surface area (Å²) in [6, 6.07) is 4.19. The molecular formula is C22H32BF3N2O4. The van der Waals surface area contributed by atoms with Crippen LogP contribution in [0.5, 0.6) is 0 Å². The van der Waals surface area contributed by atoms with Gasteiger partial charge in [-0.15, -0.1) is 0 Å². The highest BCUT2D eigenvalue weighted by Crippen LogP contribution is 2.39. The molecule has 3 rings (SSSR count). The van der Waals surface area contributed by atoms with E-state index in [-0.39, 0.29) is 31.9 Å². The Bertz CT molecular complexity index is 844. The van der Waals surface area contributed by atoms with E-state index in [4.69, 9.17) is 14.0 Å². The van der Waals surface area contributed by atoms with Gasteiger partial charge in [-0.3, -0.25) is 0 Å². The molecular weight excluding hydrogens is 424 g/mol. The number of amides is 1. The predicted molar refractivity (Wildman–Crippen MR) is 117 cm³/mol. The second-order valence-corrected chi connectivity index (χ2v) is 10.3. The van der Waals surface area contributed by atoms with E-state index in [9.17, 15) is 18.0 Å². The Morgan fingerprint density at radius 2 is 1.53 bits per heavy atom. The van der Waals surface area contributed by atoms with Crippen LogP contribution in [0.3, 0.4) is 0 Å². The first-order chi connectivity index (χ1) is 14.5. The second-order valence-electron chi connectivity index (χ2n) is 10.3. The number of carbonyl (C=O) groups excluding carboxylic acids is 1. The number of anilines is 1. The molecule has 2 fully saturated rings. The summed E-state index contributed by atoms with van der Waals surface area (Å²) in [4.78, 5) is 15.4. The number of nitrogens with zero attached hydrogens (tertiary/aromatic N) is 2. The Morgan fingerprint density at radius 1 is 1.00 bits per heavy atom. The van der Waals surface area contributed by atoms with E-state index in [0.29, 0.717) is 5.46 Å². The minimum absolute atomic E-state index is 0.0848. The molecule has 6 nitrogen and oxygen atoms in total. The molecule has 32 heavy (non-hydrogen) atoms. The van der Waals surface area contributed by atoms with Crippen LogP contribution in [0.15, 0.2) is 18.2 Å². The molecule has 0 bridgehead atoms. The highest BCUT2D eigenvalue weighted by molar-refractivity contribution is 6.62. The van der Waals surface area contributed by atoms with E-state index in [1.54, 1.807) is 31.7 Å². The standard InChI is InChI=1S/C22H32BF3N2O4/c1-19(2,3)30-18(29)28-12-10-27(11-13-28)17-9-8-15(14-16(17)22(24,25)26)23-31-20(4,5)21(6,7)32-23/h8-9,14H,10-13H2,1-7H3. The summed E-state index contributed by atoms with van der Waals surface area (Å²) in [5, 5.41) is 0. The molecule has 1 amide bonds. The van der Waals surface area contributed by atoms with E-state index >= 15 is 0 Å². The van der Waals surface area contributed by atoms with E-state index in [1.165, 1.54) is 11.0 Å². The average Bonchev–Trinajstić information content (AvgIpc) is 2.87. The molecule has 0 N–H and O–H groups in total. The van der Waals surface area contributed by atoms with Crippen LogP contribution in [-0.4, -0.2) is 61.1 Å². The summed E-state index contributed by atoms with van der Waals surface area (Å²) < 4.78 is 59.1. The number of hydrogen-bond acceptors (Lipinski definition) is 5. The van der Waals surface area contributed by atoms with Crippen LogP contribution >= 0.6 is 0 Å². The Hall–Kier alpha value is -1.94. The summed E-state index contributed by atoms with van der Waals surface area (Å²) in [6.45, 7) is 13.9. The third-order valence-electron chi connectivity index (χ3n) is 6.12. The van der Waals surface area contributed by atoms with E-state index in [0.717, 1.165) is 6.07 Å². The zero-order chi connectivity index (χ0) is 24.1. The van der Waals surface area contributed by atoms with E-state index < -0.39 is 41.8 Å². The third-order valence-corrected chi connectivity index (χ3v) is 6.12. The smallest absolute Gasteiger partial charge is 0.444 e. The molecule has 0 saturated carbocycles. The first kappa shape index (κ1) is 24.7. The minimum Gasteiger partial charge on any atom is -0.444 e. The maximum atomic E-state index is 14.0. The van der Waals surface area contributed by atoms with Crippen LogP contribution in [0.4, 0.5) is 23.7 Å². The van der Waals surface area contributed by atoms with Crippen molar-refractivity contribution < 1.29 is 32.0 Å². The topological polar surface area (TPSA) is 51.2 Å². The Labute approximate surface area is 188 Å². The summed E-state index contributed by atoms with van der Waals surface area (Å²) in [7, 11) is -0.876. The summed E-state index contributed by atoms with van der Waals surface area (Å²) in [5.74, 6) is 0. The Balaban J connectivity index is 1.79. The van der Waals surface area contributed by atoms with E-state index in [1.807, 2.05) is 27.7 Å². The van der Waals surface area contributed by atoms with Crippen molar-refractivity contribution in [1.82, 2.24) is 4.90 Å². The van der Waals surface area contributed by atoms with Crippen molar-refractivity contribution >= 4 is 24.4 Å². The van der Waals surface area contributed by atoms with Crippen molar-refractivity contribution in [2.75, 3.05) is 31.1 Å². The fraction of sp³-hybridized carbons (Fsp3) is 0.682. The number of benzene rings is 1. The lowest BCUT2D eigenvalue weighted by Crippen LogP contribution is -2.50. The molecule has 2 aliphatic heterocycles. The van der Waals surface area contributed by atoms with Crippen molar-refractivity contribution in [2.45, 2.75) is 71.4 Å². The molecule has 0 aromatic heterocycles. The van der Waals surface area contributed by atoms with Crippen molar-refractivity contribution in [3.63, 3.8) is 0 Å². The van der Waals surface area contributed by atoms with Crippen molar-refractivity contribution in [3.8, 4) is 0 Å². The van der Waals surface area contributed by atoms with Gasteiger partial charge in [-0.25, -0.2) is 4.79 Å². The lowest BCUT2D eigenvalue weighted by atomic mass is 9.78. The van der Waals surface area contributed by atoms with Crippen LogP contribution in [0.2, 0.25) is 0 Å². The average molecular weight is 456 g/mol. The number of carbonyl (C=O) groups is 1.